The van der Waals surface area contributed by atoms with E-state index in [4.69, 9.17) is 11.6 Å². The summed E-state index contributed by atoms with van der Waals surface area (Å²) in [6.07, 6.45) is 2.34. The van der Waals surface area contributed by atoms with Gasteiger partial charge in [0.2, 0.25) is 10.0 Å². The Labute approximate surface area is 146 Å². The van der Waals surface area contributed by atoms with E-state index < -0.39 is 10.0 Å². The molecule has 3 rings (SSSR count). The van der Waals surface area contributed by atoms with Gasteiger partial charge in [0.15, 0.2) is 0 Å². The second-order valence-corrected chi connectivity index (χ2v) is 8.60. The Bertz CT molecular complexity index is 724. The van der Waals surface area contributed by atoms with Gasteiger partial charge >= 0.3 is 0 Å². The van der Waals surface area contributed by atoms with Gasteiger partial charge in [-0.3, -0.25) is 4.90 Å². The van der Waals surface area contributed by atoms with Gasteiger partial charge in [-0.2, -0.15) is 11.3 Å². The van der Waals surface area contributed by atoms with E-state index in [-0.39, 0.29) is 10.9 Å². The fraction of sp³-hybridized carbons (Fsp3) is 0.375. The number of sulfonamides is 1. The first kappa shape index (κ1) is 16.9. The van der Waals surface area contributed by atoms with Gasteiger partial charge in [0.1, 0.15) is 0 Å². The molecular formula is C16H19ClN2O2S2. The molecule has 2 aromatic rings. The van der Waals surface area contributed by atoms with Crippen LogP contribution in [0.5, 0.6) is 0 Å². The lowest BCUT2D eigenvalue weighted by Gasteiger charge is -2.27. The smallest absolute Gasteiger partial charge is 0.240 e. The average molecular weight is 371 g/mol. The number of hydrogen-bond acceptors (Lipinski definition) is 4. The molecule has 124 valence electrons. The monoisotopic (exact) mass is 370 g/mol. The number of nitrogens with zero attached hydrogens (tertiary/aromatic N) is 1. The third-order valence-corrected chi connectivity index (χ3v) is 6.49. The summed E-state index contributed by atoms with van der Waals surface area (Å²) in [5.41, 5.74) is 1.18. The fourth-order valence-corrected chi connectivity index (χ4v) is 4.73. The maximum Gasteiger partial charge on any atom is 0.240 e. The van der Waals surface area contributed by atoms with Crippen LogP contribution in [0.2, 0.25) is 5.02 Å². The van der Waals surface area contributed by atoms with Gasteiger partial charge in [0.05, 0.1) is 4.90 Å². The second-order valence-electron chi connectivity index (χ2n) is 5.62. The van der Waals surface area contributed by atoms with E-state index in [0.717, 1.165) is 13.1 Å². The molecule has 1 N–H and O–H groups in total. The first-order chi connectivity index (χ1) is 11.1. The van der Waals surface area contributed by atoms with E-state index in [1.54, 1.807) is 23.5 Å². The Balaban J connectivity index is 1.74. The van der Waals surface area contributed by atoms with Gasteiger partial charge in [-0.05, 0) is 72.6 Å². The van der Waals surface area contributed by atoms with Crippen LogP contribution in [0.4, 0.5) is 0 Å². The summed E-state index contributed by atoms with van der Waals surface area (Å²) >= 11 is 7.46. The number of benzene rings is 1. The van der Waals surface area contributed by atoms with Crippen LogP contribution in [0.15, 0.2) is 46.0 Å². The van der Waals surface area contributed by atoms with E-state index in [2.05, 4.69) is 21.1 Å². The van der Waals surface area contributed by atoms with Crippen LogP contribution in [0.1, 0.15) is 24.4 Å². The number of hydrogen-bond donors (Lipinski definition) is 1. The van der Waals surface area contributed by atoms with Crippen LogP contribution >= 0.6 is 22.9 Å². The van der Waals surface area contributed by atoms with Crippen molar-refractivity contribution in [3.63, 3.8) is 0 Å². The zero-order valence-corrected chi connectivity index (χ0v) is 15.0. The van der Waals surface area contributed by atoms with Gasteiger partial charge in [-0.25, -0.2) is 13.1 Å². The van der Waals surface area contributed by atoms with Crippen molar-refractivity contribution in [2.75, 3.05) is 19.6 Å². The van der Waals surface area contributed by atoms with Crippen molar-refractivity contribution < 1.29 is 8.42 Å². The molecule has 1 aliphatic heterocycles. The van der Waals surface area contributed by atoms with Crippen molar-refractivity contribution in [1.29, 1.82) is 0 Å². The lowest BCUT2D eigenvalue weighted by molar-refractivity contribution is 0.247. The van der Waals surface area contributed by atoms with E-state index >= 15 is 0 Å². The predicted molar refractivity (Wildman–Crippen MR) is 94.5 cm³/mol. The molecule has 1 aromatic carbocycles. The van der Waals surface area contributed by atoms with E-state index in [0.29, 0.717) is 11.6 Å². The summed E-state index contributed by atoms with van der Waals surface area (Å²) in [4.78, 5) is 2.60. The Kier molecular flexibility index (Phi) is 5.38. The molecular weight excluding hydrogens is 352 g/mol. The molecule has 1 saturated heterocycles. The molecule has 0 bridgehead atoms. The highest BCUT2D eigenvalue weighted by Gasteiger charge is 2.25. The molecule has 2 heterocycles. The molecule has 0 aliphatic carbocycles. The first-order valence-electron chi connectivity index (χ1n) is 7.58. The van der Waals surface area contributed by atoms with Crippen LogP contribution in [0, 0.1) is 0 Å². The van der Waals surface area contributed by atoms with Crippen LogP contribution in [0.3, 0.4) is 0 Å². The Hall–Kier alpha value is -0.920. The van der Waals surface area contributed by atoms with Crippen molar-refractivity contribution in [2.45, 2.75) is 23.8 Å². The number of likely N-dealkylation sites (tertiary alicyclic amines) is 1. The van der Waals surface area contributed by atoms with Crippen LogP contribution in [-0.2, 0) is 10.0 Å². The van der Waals surface area contributed by atoms with Crippen molar-refractivity contribution in [2.24, 2.45) is 0 Å². The number of rotatable bonds is 6. The molecule has 23 heavy (non-hydrogen) atoms. The summed E-state index contributed by atoms with van der Waals surface area (Å²) in [5, 5.41) is 4.66. The van der Waals surface area contributed by atoms with Gasteiger partial charge in [0.25, 0.3) is 0 Å². The van der Waals surface area contributed by atoms with Gasteiger partial charge < -0.3 is 0 Å². The Morgan fingerprint density at radius 2 is 1.87 bits per heavy atom. The lowest BCUT2D eigenvalue weighted by atomic mass is 10.1. The Morgan fingerprint density at radius 3 is 2.48 bits per heavy atom. The molecule has 0 unspecified atom stereocenters. The second kappa shape index (κ2) is 7.32. The molecule has 1 aromatic heterocycles. The molecule has 1 aliphatic rings. The average Bonchev–Trinajstić information content (AvgIpc) is 3.21. The van der Waals surface area contributed by atoms with Crippen molar-refractivity contribution in [3.05, 3.63) is 51.7 Å². The first-order valence-corrected chi connectivity index (χ1v) is 10.4. The molecule has 4 nitrogen and oxygen atoms in total. The summed E-state index contributed by atoms with van der Waals surface area (Å²) in [7, 11) is -3.52. The zero-order chi connectivity index (χ0) is 16.3. The summed E-state index contributed by atoms with van der Waals surface area (Å²) in [5.74, 6) is 0. The normalized spacial score (nSPS) is 17.4. The minimum atomic E-state index is -3.52. The highest BCUT2D eigenvalue weighted by molar-refractivity contribution is 7.89. The van der Waals surface area contributed by atoms with Crippen LogP contribution in [-0.4, -0.2) is 33.0 Å². The topological polar surface area (TPSA) is 49.4 Å². The third-order valence-electron chi connectivity index (χ3n) is 4.10. The SMILES string of the molecule is O=S(=O)(NC[C@H](c1ccsc1)N1CCCC1)c1ccc(Cl)cc1. The number of nitrogens with one attached hydrogen (secondary N) is 1. The van der Waals surface area contributed by atoms with E-state index in [9.17, 15) is 8.42 Å². The van der Waals surface area contributed by atoms with Crippen molar-refractivity contribution in [1.82, 2.24) is 9.62 Å². The van der Waals surface area contributed by atoms with E-state index in [1.165, 1.54) is 30.5 Å². The quantitative estimate of drug-likeness (QED) is 0.846. The zero-order valence-electron chi connectivity index (χ0n) is 12.6. The summed E-state index contributed by atoms with van der Waals surface area (Å²) in [6, 6.07) is 8.40. The highest BCUT2D eigenvalue weighted by Crippen LogP contribution is 2.26. The number of halogens is 1. The lowest BCUT2D eigenvalue weighted by Crippen LogP contribution is -2.36. The van der Waals surface area contributed by atoms with Crippen molar-refractivity contribution in [3.8, 4) is 0 Å². The van der Waals surface area contributed by atoms with E-state index in [1.807, 2.05) is 5.38 Å². The maximum absolute atomic E-state index is 12.5. The minimum Gasteiger partial charge on any atom is -0.295 e. The summed E-state index contributed by atoms with van der Waals surface area (Å²) in [6.45, 7) is 2.41. The van der Waals surface area contributed by atoms with Gasteiger partial charge in [-0.15, -0.1) is 0 Å². The minimum absolute atomic E-state index is 0.0887. The molecule has 0 radical (unpaired) electrons. The standard InChI is InChI=1S/C16H19ClN2O2S2/c17-14-3-5-15(6-4-14)23(20,21)18-11-16(13-7-10-22-12-13)19-8-1-2-9-19/h3-7,10,12,16,18H,1-2,8-9,11H2/t16-/m1/s1. The highest BCUT2D eigenvalue weighted by atomic mass is 35.5. The fourth-order valence-electron chi connectivity index (χ4n) is 2.86. The molecule has 1 fully saturated rings. The summed E-state index contributed by atoms with van der Waals surface area (Å²) < 4.78 is 27.7. The predicted octanol–water partition coefficient (Wildman–Crippen LogP) is 3.52. The van der Waals surface area contributed by atoms with Gasteiger partial charge in [-0.1, -0.05) is 11.6 Å². The van der Waals surface area contributed by atoms with Gasteiger partial charge in [0, 0.05) is 17.6 Å². The largest absolute Gasteiger partial charge is 0.295 e. The number of thiophene rings is 1. The van der Waals surface area contributed by atoms with Crippen LogP contribution in [0.25, 0.3) is 0 Å². The van der Waals surface area contributed by atoms with Crippen molar-refractivity contribution >= 4 is 33.0 Å². The molecule has 1 atom stereocenters. The van der Waals surface area contributed by atoms with Crippen LogP contribution < -0.4 is 4.72 Å². The molecule has 7 heteroatoms. The molecule has 0 spiro atoms. The maximum atomic E-state index is 12.5. The third kappa shape index (κ3) is 4.14. The molecule has 0 saturated carbocycles. The Morgan fingerprint density at radius 1 is 1.17 bits per heavy atom. The molecule has 0 amide bonds.